The van der Waals surface area contributed by atoms with E-state index >= 15 is 0 Å². The molecule has 3 unspecified atom stereocenters. The molecule has 11 heteroatoms. The summed E-state index contributed by atoms with van der Waals surface area (Å²) in [5, 5.41) is 6.38. The molecule has 2 aromatic carbocycles. The monoisotopic (exact) mass is 520 g/mol. The Labute approximate surface area is 221 Å². The summed E-state index contributed by atoms with van der Waals surface area (Å²) in [5.74, 6) is -1.68. The van der Waals surface area contributed by atoms with Crippen LogP contribution in [0.25, 0.3) is 10.9 Å². The van der Waals surface area contributed by atoms with Crippen molar-refractivity contribution in [1.82, 2.24) is 15.2 Å². The Kier molecular flexibility index (Phi) is 10.7. The third-order valence-electron chi connectivity index (χ3n) is 6.14. The minimum absolute atomic E-state index is 0.214. The second-order valence-electron chi connectivity index (χ2n) is 8.95. The van der Waals surface area contributed by atoms with Crippen LogP contribution < -0.4 is 33.6 Å². The summed E-state index contributed by atoms with van der Waals surface area (Å²) in [6.07, 6.45) is 2.38. The fraction of sp³-hybridized carbons (Fsp3) is 0.333. The highest BCUT2D eigenvalue weighted by Gasteiger charge is 2.32. The molecule has 10 N–H and O–H groups in total. The van der Waals surface area contributed by atoms with Crippen LogP contribution in [-0.4, -0.2) is 71.9 Å². The van der Waals surface area contributed by atoms with Crippen LogP contribution in [0.15, 0.2) is 66.9 Å². The number of aromatic nitrogens is 1. The zero-order valence-corrected chi connectivity index (χ0v) is 21.3. The number of nitrogens with one attached hydrogen (secondary N) is 2. The van der Waals surface area contributed by atoms with E-state index in [9.17, 15) is 14.4 Å². The van der Waals surface area contributed by atoms with E-state index in [0.29, 0.717) is 18.5 Å². The van der Waals surface area contributed by atoms with Crippen LogP contribution in [0.1, 0.15) is 12.0 Å². The van der Waals surface area contributed by atoms with Gasteiger partial charge in [0.2, 0.25) is 17.7 Å². The number of nitrogens with zero attached hydrogens (tertiary/aromatic N) is 2. The number of para-hydroxylation sites is 1. The third-order valence-corrected chi connectivity index (χ3v) is 6.14. The molecule has 3 rings (SSSR count). The van der Waals surface area contributed by atoms with Crippen LogP contribution >= 0.6 is 0 Å². The van der Waals surface area contributed by atoms with E-state index in [4.69, 9.17) is 22.9 Å². The molecule has 0 saturated carbocycles. The zero-order valence-electron chi connectivity index (χ0n) is 21.3. The highest BCUT2D eigenvalue weighted by atomic mass is 16.2. The topological polar surface area (TPSA) is 195 Å². The SMILES string of the molecule is NCCN(CCN)C(=O)C(N)C(N)C(=O)NC(CCc1ccccc1)C(=O)Nc1cnc2ccccc2c1. The molecule has 0 fully saturated rings. The lowest BCUT2D eigenvalue weighted by atomic mass is 10.0. The molecule has 202 valence electrons. The van der Waals surface area contributed by atoms with Crippen LogP contribution in [0.5, 0.6) is 0 Å². The standard InChI is InChI=1S/C27H36N8O3/c28-12-14-35(15-13-29)27(38)24(31)23(30)26(37)34-22(11-10-18-6-2-1-3-7-18)25(36)33-20-16-19-8-4-5-9-21(19)32-17-20/h1-9,16-17,22-24H,10-15,28-31H2,(H,33,36)(H,34,37). The number of nitrogens with two attached hydrogens (primary N) is 4. The second kappa shape index (κ2) is 14.1. The quantitative estimate of drug-likeness (QED) is 0.176. The van der Waals surface area contributed by atoms with Crippen molar-refractivity contribution in [2.45, 2.75) is 31.0 Å². The number of carbonyl (C=O) groups excluding carboxylic acids is 3. The number of amides is 3. The minimum atomic E-state index is -1.38. The van der Waals surface area contributed by atoms with Crippen molar-refractivity contribution in [3.63, 3.8) is 0 Å². The van der Waals surface area contributed by atoms with Gasteiger partial charge < -0.3 is 38.5 Å². The van der Waals surface area contributed by atoms with Gasteiger partial charge in [-0.05, 0) is 30.5 Å². The molecule has 3 amide bonds. The molecule has 1 aromatic heterocycles. The molecule has 0 saturated heterocycles. The van der Waals surface area contributed by atoms with Gasteiger partial charge >= 0.3 is 0 Å². The molecule has 1 heterocycles. The smallest absolute Gasteiger partial charge is 0.247 e. The number of rotatable bonds is 13. The van der Waals surface area contributed by atoms with Crippen LogP contribution in [-0.2, 0) is 20.8 Å². The van der Waals surface area contributed by atoms with Gasteiger partial charge in [0.15, 0.2) is 0 Å². The van der Waals surface area contributed by atoms with E-state index < -0.39 is 35.8 Å². The Bertz CT molecular complexity index is 1220. The predicted octanol–water partition coefficient (Wildman–Crippen LogP) is -0.308. The number of pyridine rings is 1. The Hall–Kier alpha value is -3.90. The van der Waals surface area contributed by atoms with E-state index in [-0.39, 0.29) is 26.2 Å². The molecule has 0 bridgehead atoms. The molecule has 38 heavy (non-hydrogen) atoms. The second-order valence-corrected chi connectivity index (χ2v) is 8.95. The lowest BCUT2D eigenvalue weighted by Gasteiger charge is -2.28. The first-order valence-corrected chi connectivity index (χ1v) is 12.5. The first kappa shape index (κ1) is 28.7. The summed E-state index contributed by atoms with van der Waals surface area (Å²) in [6, 6.07) is 15.3. The van der Waals surface area contributed by atoms with Crippen molar-refractivity contribution >= 4 is 34.3 Å². The summed E-state index contributed by atoms with van der Waals surface area (Å²) in [7, 11) is 0. The van der Waals surface area contributed by atoms with Gasteiger partial charge in [-0.2, -0.15) is 0 Å². The van der Waals surface area contributed by atoms with Crippen molar-refractivity contribution in [1.29, 1.82) is 0 Å². The number of hydrogen-bond acceptors (Lipinski definition) is 8. The van der Waals surface area contributed by atoms with Gasteiger partial charge in [-0.15, -0.1) is 0 Å². The molecule has 0 aliphatic carbocycles. The van der Waals surface area contributed by atoms with Crippen LogP contribution in [0, 0.1) is 0 Å². The summed E-state index contributed by atoms with van der Waals surface area (Å²) in [6.45, 7) is 0.899. The first-order valence-electron chi connectivity index (χ1n) is 12.5. The first-order chi connectivity index (χ1) is 18.3. The summed E-state index contributed by atoms with van der Waals surface area (Å²) in [4.78, 5) is 44.9. The van der Waals surface area contributed by atoms with Crippen molar-refractivity contribution in [3.05, 3.63) is 72.4 Å². The molecule has 0 spiro atoms. The van der Waals surface area contributed by atoms with E-state index in [1.165, 1.54) is 4.90 Å². The van der Waals surface area contributed by atoms with Gasteiger partial charge in [0, 0.05) is 31.6 Å². The molecule has 0 radical (unpaired) electrons. The molecule has 0 aliphatic rings. The largest absolute Gasteiger partial charge is 0.343 e. The molecular weight excluding hydrogens is 484 g/mol. The number of fused-ring (bicyclic) bond motifs is 1. The van der Waals surface area contributed by atoms with Gasteiger partial charge in [0.25, 0.3) is 0 Å². The van der Waals surface area contributed by atoms with Gasteiger partial charge in [0.05, 0.1) is 17.4 Å². The van der Waals surface area contributed by atoms with E-state index in [2.05, 4.69) is 15.6 Å². The minimum Gasteiger partial charge on any atom is -0.343 e. The van der Waals surface area contributed by atoms with Crippen molar-refractivity contribution in [3.8, 4) is 0 Å². The average molecular weight is 521 g/mol. The van der Waals surface area contributed by atoms with Crippen molar-refractivity contribution in [2.75, 3.05) is 31.5 Å². The number of aryl methyl sites for hydroxylation is 1. The van der Waals surface area contributed by atoms with Crippen LogP contribution in [0.4, 0.5) is 5.69 Å². The highest BCUT2D eigenvalue weighted by Crippen LogP contribution is 2.17. The fourth-order valence-electron chi connectivity index (χ4n) is 4.03. The van der Waals surface area contributed by atoms with Crippen LogP contribution in [0.2, 0.25) is 0 Å². The van der Waals surface area contributed by atoms with Gasteiger partial charge in [-0.3, -0.25) is 19.4 Å². The van der Waals surface area contributed by atoms with Gasteiger partial charge in [-0.25, -0.2) is 0 Å². The Morgan fingerprint density at radius 2 is 1.53 bits per heavy atom. The Morgan fingerprint density at radius 3 is 2.21 bits per heavy atom. The number of carbonyl (C=O) groups is 3. The maximum atomic E-state index is 13.3. The lowest BCUT2D eigenvalue weighted by Crippen LogP contribution is -2.61. The molecular formula is C27H36N8O3. The highest BCUT2D eigenvalue weighted by molar-refractivity contribution is 6.00. The zero-order chi connectivity index (χ0) is 27.5. The Morgan fingerprint density at radius 1 is 0.868 bits per heavy atom. The third kappa shape index (κ3) is 7.80. The maximum Gasteiger partial charge on any atom is 0.247 e. The summed E-state index contributed by atoms with van der Waals surface area (Å²) < 4.78 is 0. The molecule has 3 aromatic rings. The lowest BCUT2D eigenvalue weighted by molar-refractivity contribution is -0.136. The summed E-state index contributed by atoms with van der Waals surface area (Å²) >= 11 is 0. The van der Waals surface area contributed by atoms with Crippen molar-refractivity contribution < 1.29 is 14.4 Å². The number of benzene rings is 2. The van der Waals surface area contributed by atoms with E-state index in [1.54, 1.807) is 12.3 Å². The van der Waals surface area contributed by atoms with E-state index in [0.717, 1.165) is 16.5 Å². The normalized spacial score (nSPS) is 13.4. The molecule has 11 nitrogen and oxygen atoms in total. The number of hydrogen-bond donors (Lipinski definition) is 6. The Balaban J connectivity index is 1.73. The molecule has 3 atom stereocenters. The molecule has 0 aliphatic heterocycles. The van der Waals surface area contributed by atoms with Crippen LogP contribution in [0.3, 0.4) is 0 Å². The predicted molar refractivity (Wildman–Crippen MR) is 148 cm³/mol. The average Bonchev–Trinajstić information content (AvgIpc) is 2.94. The van der Waals surface area contributed by atoms with Gasteiger partial charge in [-0.1, -0.05) is 48.5 Å². The van der Waals surface area contributed by atoms with Crippen molar-refractivity contribution in [2.24, 2.45) is 22.9 Å². The number of anilines is 1. The van der Waals surface area contributed by atoms with Gasteiger partial charge in [0.1, 0.15) is 18.1 Å². The van der Waals surface area contributed by atoms with E-state index in [1.807, 2.05) is 54.6 Å². The fourth-order valence-corrected chi connectivity index (χ4v) is 4.03. The maximum absolute atomic E-state index is 13.3. The summed E-state index contributed by atoms with van der Waals surface area (Å²) in [5.41, 5.74) is 25.6.